The van der Waals surface area contributed by atoms with Crippen LogP contribution in [0.1, 0.15) is 43.0 Å². The van der Waals surface area contributed by atoms with Gasteiger partial charge in [0, 0.05) is 16.8 Å². The molecule has 1 heterocycles. The first kappa shape index (κ1) is 26.2. The van der Waals surface area contributed by atoms with Crippen LogP contribution in [0.25, 0.3) is 22.4 Å². The molecule has 0 spiro atoms. The number of amides is 1. The normalized spacial score (nSPS) is 11.1. The molecule has 1 aromatic heterocycles. The number of hydrogen-bond donors (Lipinski definition) is 1. The first-order valence-corrected chi connectivity index (χ1v) is 13.3. The second-order valence-corrected chi connectivity index (χ2v) is 11.1. The van der Waals surface area contributed by atoms with E-state index >= 15 is 0 Å². The number of nitrogens with one attached hydrogen (secondary N) is 1. The molecule has 37 heavy (non-hydrogen) atoms. The van der Waals surface area contributed by atoms with Crippen molar-refractivity contribution in [3.63, 3.8) is 0 Å². The van der Waals surface area contributed by atoms with Crippen molar-refractivity contribution in [3.05, 3.63) is 101 Å². The Bertz CT molecular complexity index is 1460. The number of pyridine rings is 1. The summed E-state index contributed by atoms with van der Waals surface area (Å²) in [6.45, 7) is 10.6. The van der Waals surface area contributed by atoms with Crippen LogP contribution in [-0.4, -0.2) is 16.6 Å². The lowest BCUT2D eigenvalue weighted by Gasteiger charge is -2.19. The van der Waals surface area contributed by atoms with E-state index in [0.29, 0.717) is 10.6 Å². The van der Waals surface area contributed by atoms with Crippen LogP contribution in [0.5, 0.6) is 0 Å². The van der Waals surface area contributed by atoms with Gasteiger partial charge >= 0.3 is 0 Å². The Morgan fingerprint density at radius 3 is 2.30 bits per heavy atom. The molecule has 0 unspecified atom stereocenters. The topological polar surface area (TPSA) is 65.8 Å². The van der Waals surface area contributed by atoms with Gasteiger partial charge in [-0.15, -0.1) is 0 Å². The molecule has 0 saturated carbocycles. The van der Waals surface area contributed by atoms with Gasteiger partial charge in [0.2, 0.25) is 5.91 Å². The minimum absolute atomic E-state index is 0.0358. The van der Waals surface area contributed by atoms with Crippen molar-refractivity contribution in [3.8, 4) is 28.5 Å². The maximum atomic E-state index is 12.8. The maximum Gasteiger partial charge on any atom is 0.234 e. The number of anilines is 1. The molecule has 0 atom stereocenters. The summed E-state index contributed by atoms with van der Waals surface area (Å²) in [5, 5.41) is 13.7. The van der Waals surface area contributed by atoms with Gasteiger partial charge in [-0.2, -0.15) is 5.26 Å². The SMILES string of the molecule is Cc1cccc(NC(=O)CSc2nc(-c3ccccc3)cc(-c3ccc(C(C)(C)C)cc3)c2C#N)c1C. The third-order valence-corrected chi connectivity index (χ3v) is 7.42. The summed E-state index contributed by atoms with van der Waals surface area (Å²) in [5.41, 5.74) is 8.21. The van der Waals surface area contributed by atoms with Crippen molar-refractivity contribution in [1.29, 1.82) is 5.26 Å². The lowest BCUT2D eigenvalue weighted by molar-refractivity contribution is -0.113. The van der Waals surface area contributed by atoms with Crippen molar-refractivity contribution in [2.75, 3.05) is 11.1 Å². The second kappa shape index (κ2) is 11.0. The van der Waals surface area contributed by atoms with Crippen molar-refractivity contribution < 1.29 is 4.79 Å². The van der Waals surface area contributed by atoms with E-state index in [0.717, 1.165) is 39.2 Å². The predicted molar refractivity (Wildman–Crippen MR) is 154 cm³/mol. The molecular weight excluding hydrogens is 474 g/mol. The number of benzene rings is 3. The Kier molecular flexibility index (Phi) is 7.80. The van der Waals surface area contributed by atoms with Crippen molar-refractivity contribution in [2.24, 2.45) is 0 Å². The van der Waals surface area contributed by atoms with Gasteiger partial charge in [0.1, 0.15) is 11.1 Å². The third kappa shape index (κ3) is 6.10. The van der Waals surface area contributed by atoms with Gasteiger partial charge in [0.15, 0.2) is 0 Å². The fourth-order valence-electron chi connectivity index (χ4n) is 4.08. The molecule has 0 radical (unpaired) electrons. The molecule has 0 bridgehead atoms. The molecule has 5 heteroatoms. The van der Waals surface area contributed by atoms with E-state index in [1.54, 1.807) is 0 Å². The Morgan fingerprint density at radius 1 is 0.946 bits per heavy atom. The van der Waals surface area contributed by atoms with E-state index in [4.69, 9.17) is 4.98 Å². The summed E-state index contributed by atoms with van der Waals surface area (Å²) in [6, 6.07) is 28.5. The molecule has 1 amide bonds. The van der Waals surface area contributed by atoms with Gasteiger partial charge in [-0.05, 0) is 53.6 Å². The van der Waals surface area contributed by atoms with Gasteiger partial charge in [-0.3, -0.25) is 4.79 Å². The van der Waals surface area contributed by atoms with Gasteiger partial charge in [0.25, 0.3) is 0 Å². The molecule has 0 fully saturated rings. The van der Waals surface area contributed by atoms with Gasteiger partial charge in [0.05, 0.1) is 17.0 Å². The molecule has 186 valence electrons. The highest BCUT2D eigenvalue weighted by Gasteiger charge is 2.19. The van der Waals surface area contributed by atoms with Gasteiger partial charge in [-0.1, -0.05) is 99.3 Å². The van der Waals surface area contributed by atoms with E-state index < -0.39 is 0 Å². The Morgan fingerprint density at radius 2 is 1.65 bits per heavy atom. The van der Waals surface area contributed by atoms with Crippen LogP contribution in [0.2, 0.25) is 0 Å². The lowest BCUT2D eigenvalue weighted by Crippen LogP contribution is -2.15. The first-order valence-electron chi connectivity index (χ1n) is 12.3. The number of nitriles is 1. The summed E-state index contributed by atoms with van der Waals surface area (Å²) >= 11 is 1.29. The number of aryl methyl sites for hydroxylation is 1. The zero-order valence-electron chi connectivity index (χ0n) is 21.9. The average molecular weight is 506 g/mol. The first-order chi connectivity index (χ1) is 17.7. The fraction of sp³-hybridized carbons (Fsp3) is 0.219. The Labute approximate surface area is 223 Å². The molecule has 0 aliphatic rings. The highest BCUT2D eigenvalue weighted by atomic mass is 32.2. The molecular formula is C32H31N3OS. The largest absolute Gasteiger partial charge is 0.325 e. The van der Waals surface area contributed by atoms with Crippen molar-refractivity contribution in [1.82, 2.24) is 4.98 Å². The highest BCUT2D eigenvalue weighted by Crippen LogP contribution is 2.35. The van der Waals surface area contributed by atoms with Crippen molar-refractivity contribution in [2.45, 2.75) is 45.1 Å². The number of hydrogen-bond acceptors (Lipinski definition) is 4. The van der Waals surface area contributed by atoms with Crippen LogP contribution in [0, 0.1) is 25.2 Å². The maximum absolute atomic E-state index is 12.8. The average Bonchev–Trinajstić information content (AvgIpc) is 2.89. The monoisotopic (exact) mass is 505 g/mol. The summed E-state index contributed by atoms with van der Waals surface area (Å²) in [5.74, 6) is 0.0148. The quantitative estimate of drug-likeness (QED) is 0.270. The van der Waals surface area contributed by atoms with Gasteiger partial charge < -0.3 is 5.32 Å². The molecule has 4 nitrogen and oxygen atoms in total. The molecule has 4 rings (SSSR count). The number of nitrogens with zero attached hydrogens (tertiary/aromatic N) is 2. The van der Waals surface area contributed by atoms with E-state index in [2.05, 4.69) is 56.4 Å². The van der Waals surface area contributed by atoms with E-state index in [1.807, 2.05) is 68.4 Å². The van der Waals surface area contributed by atoms with E-state index in [9.17, 15) is 10.1 Å². The van der Waals surface area contributed by atoms with Gasteiger partial charge in [-0.25, -0.2) is 4.98 Å². The predicted octanol–water partition coefficient (Wildman–Crippen LogP) is 7.93. The van der Waals surface area contributed by atoms with Crippen LogP contribution in [0.3, 0.4) is 0 Å². The summed E-state index contributed by atoms with van der Waals surface area (Å²) in [4.78, 5) is 17.7. The summed E-state index contributed by atoms with van der Waals surface area (Å²) in [7, 11) is 0. The van der Waals surface area contributed by atoms with Crippen molar-refractivity contribution >= 4 is 23.4 Å². The fourth-order valence-corrected chi connectivity index (χ4v) is 4.88. The molecule has 0 aliphatic heterocycles. The molecule has 0 aliphatic carbocycles. The highest BCUT2D eigenvalue weighted by molar-refractivity contribution is 8.00. The summed E-state index contributed by atoms with van der Waals surface area (Å²) < 4.78 is 0. The van der Waals surface area contributed by atoms with Crippen LogP contribution in [-0.2, 0) is 10.2 Å². The van der Waals surface area contributed by atoms with E-state index in [1.165, 1.54) is 17.3 Å². The standard InChI is InChI=1S/C32H31N3OS/c1-21-10-9-13-28(22(21)2)34-30(36)20-37-31-27(19-33)26(18-29(35-31)24-11-7-6-8-12-24)23-14-16-25(17-15-23)32(3,4)5/h6-18H,20H2,1-5H3,(H,34,36). The zero-order chi connectivity index (χ0) is 26.6. The number of rotatable bonds is 6. The number of aromatic nitrogens is 1. The number of carbonyl (C=O) groups is 1. The third-order valence-electron chi connectivity index (χ3n) is 6.45. The van der Waals surface area contributed by atoms with Crippen LogP contribution < -0.4 is 5.32 Å². The second-order valence-electron chi connectivity index (χ2n) is 10.1. The van der Waals surface area contributed by atoms with Crippen LogP contribution >= 0.6 is 11.8 Å². The van der Waals surface area contributed by atoms with Crippen LogP contribution in [0.15, 0.2) is 83.9 Å². The molecule has 4 aromatic rings. The number of carbonyl (C=O) groups excluding carboxylic acids is 1. The Hall–Kier alpha value is -3.88. The summed E-state index contributed by atoms with van der Waals surface area (Å²) in [6.07, 6.45) is 0. The minimum Gasteiger partial charge on any atom is -0.325 e. The molecule has 3 aromatic carbocycles. The molecule has 1 N–H and O–H groups in total. The smallest absolute Gasteiger partial charge is 0.234 e. The van der Waals surface area contributed by atoms with E-state index in [-0.39, 0.29) is 17.1 Å². The molecule has 0 saturated heterocycles. The zero-order valence-corrected chi connectivity index (χ0v) is 22.7. The van der Waals surface area contributed by atoms with Crippen LogP contribution in [0.4, 0.5) is 5.69 Å². The minimum atomic E-state index is -0.134. The lowest BCUT2D eigenvalue weighted by atomic mass is 9.86. The number of thioether (sulfide) groups is 1. The Balaban J connectivity index is 1.70.